The number of fused-ring (bicyclic) bond motifs is 6. The third-order valence-corrected chi connectivity index (χ3v) is 11.0. The van der Waals surface area contributed by atoms with E-state index in [1.807, 2.05) is 11.3 Å². The highest BCUT2D eigenvalue weighted by atomic mass is 32.1. The summed E-state index contributed by atoms with van der Waals surface area (Å²) in [7, 11) is 0. The van der Waals surface area contributed by atoms with Crippen LogP contribution in [0.4, 0.5) is 17.1 Å². The third-order valence-electron chi connectivity index (χ3n) is 9.88. The molecule has 1 nitrogen and oxygen atoms in total. The molecule has 0 radical (unpaired) electrons. The SMILES string of the molecule is CC1(C)c2ccccc2-c2c(-c3c(-c4ccccc4)cccc3N(c3ccccc3)c3ccc4c(c3)sc3ccccc34)cccc21. The minimum absolute atomic E-state index is 0.0882. The second kappa shape index (κ2) is 10.8. The summed E-state index contributed by atoms with van der Waals surface area (Å²) in [5, 5.41) is 2.62. The Bertz CT molecular complexity index is 2440. The molecule has 47 heavy (non-hydrogen) atoms. The van der Waals surface area contributed by atoms with Crippen LogP contribution in [0.5, 0.6) is 0 Å². The van der Waals surface area contributed by atoms with E-state index in [4.69, 9.17) is 0 Å². The van der Waals surface area contributed by atoms with E-state index in [1.165, 1.54) is 64.7 Å². The summed E-state index contributed by atoms with van der Waals surface area (Å²) in [6.45, 7) is 4.73. The quantitative estimate of drug-likeness (QED) is 0.185. The molecule has 0 bridgehead atoms. The van der Waals surface area contributed by atoms with Crippen molar-refractivity contribution >= 4 is 48.6 Å². The number of anilines is 3. The molecule has 1 heterocycles. The minimum atomic E-state index is -0.0882. The Balaban J connectivity index is 1.37. The van der Waals surface area contributed by atoms with Crippen molar-refractivity contribution in [3.05, 3.63) is 175 Å². The topological polar surface area (TPSA) is 3.24 Å². The average Bonchev–Trinajstić information content (AvgIpc) is 3.61. The van der Waals surface area contributed by atoms with E-state index in [1.54, 1.807) is 0 Å². The molecule has 0 atom stereocenters. The maximum atomic E-state index is 2.46. The summed E-state index contributed by atoms with van der Waals surface area (Å²) < 4.78 is 2.61. The molecule has 0 aliphatic heterocycles. The summed E-state index contributed by atoms with van der Waals surface area (Å²) in [5.74, 6) is 0. The summed E-state index contributed by atoms with van der Waals surface area (Å²) in [4.78, 5) is 2.46. The number of nitrogens with zero attached hydrogens (tertiary/aromatic N) is 1. The summed E-state index contributed by atoms with van der Waals surface area (Å²) >= 11 is 1.87. The second-order valence-electron chi connectivity index (χ2n) is 12.9. The highest BCUT2D eigenvalue weighted by Gasteiger charge is 2.37. The van der Waals surface area contributed by atoms with Gasteiger partial charge < -0.3 is 4.90 Å². The Labute approximate surface area is 280 Å². The van der Waals surface area contributed by atoms with Crippen molar-refractivity contribution in [1.29, 1.82) is 0 Å². The average molecular weight is 620 g/mol. The lowest BCUT2D eigenvalue weighted by molar-refractivity contribution is 0.660. The fraction of sp³-hybridized carbons (Fsp3) is 0.0667. The van der Waals surface area contributed by atoms with Gasteiger partial charge in [-0.25, -0.2) is 0 Å². The van der Waals surface area contributed by atoms with Gasteiger partial charge >= 0.3 is 0 Å². The lowest BCUT2D eigenvalue weighted by atomic mass is 9.81. The molecular formula is C45H33NS. The molecule has 0 saturated heterocycles. The molecule has 0 N–H and O–H groups in total. The predicted octanol–water partition coefficient (Wildman–Crippen LogP) is 13.2. The van der Waals surface area contributed by atoms with Crippen LogP contribution in [-0.2, 0) is 5.41 Å². The molecule has 2 heteroatoms. The van der Waals surface area contributed by atoms with Crippen molar-refractivity contribution in [3.63, 3.8) is 0 Å². The maximum absolute atomic E-state index is 2.46. The van der Waals surface area contributed by atoms with Crippen molar-refractivity contribution in [1.82, 2.24) is 0 Å². The molecule has 0 spiro atoms. The third kappa shape index (κ3) is 4.36. The monoisotopic (exact) mass is 619 g/mol. The number of hydrogen-bond donors (Lipinski definition) is 0. The van der Waals surface area contributed by atoms with Gasteiger partial charge in [0.05, 0.1) is 5.69 Å². The van der Waals surface area contributed by atoms with Crippen LogP contribution in [0, 0.1) is 0 Å². The van der Waals surface area contributed by atoms with Crippen LogP contribution in [0.2, 0.25) is 0 Å². The minimum Gasteiger partial charge on any atom is -0.310 e. The number of thiophene rings is 1. The van der Waals surface area contributed by atoms with Crippen molar-refractivity contribution < 1.29 is 0 Å². The Morgan fingerprint density at radius 3 is 1.94 bits per heavy atom. The van der Waals surface area contributed by atoms with Crippen molar-refractivity contribution in [2.45, 2.75) is 19.3 Å². The first-order chi connectivity index (χ1) is 23.1. The van der Waals surface area contributed by atoms with E-state index in [9.17, 15) is 0 Å². The van der Waals surface area contributed by atoms with Crippen LogP contribution < -0.4 is 4.90 Å². The van der Waals surface area contributed by atoms with E-state index >= 15 is 0 Å². The normalized spacial score (nSPS) is 13.1. The van der Waals surface area contributed by atoms with Crippen LogP contribution >= 0.6 is 11.3 Å². The molecule has 1 aromatic heterocycles. The second-order valence-corrected chi connectivity index (χ2v) is 14.0. The van der Waals surface area contributed by atoms with Crippen LogP contribution in [0.15, 0.2) is 164 Å². The standard InChI is InChI=1S/C45H33NS/c1-45(2)38-23-11-9-20-36(38)43-37(22-13-24-39(43)45)44-33(30-15-5-3-6-16-30)21-14-25-40(44)46(31-17-7-4-8-18-31)32-27-28-35-34-19-10-12-26-41(34)47-42(35)29-32/h3-29H,1-2H3. The molecule has 224 valence electrons. The number of para-hydroxylation sites is 1. The molecule has 1 aliphatic rings. The van der Waals surface area contributed by atoms with Crippen LogP contribution in [0.3, 0.4) is 0 Å². The van der Waals surface area contributed by atoms with E-state index < -0.39 is 0 Å². The zero-order chi connectivity index (χ0) is 31.5. The molecule has 1 aliphatic carbocycles. The Morgan fingerprint density at radius 1 is 0.447 bits per heavy atom. The van der Waals surface area contributed by atoms with E-state index in [2.05, 4.69) is 183 Å². The zero-order valence-corrected chi connectivity index (χ0v) is 27.3. The lowest BCUT2D eigenvalue weighted by Gasteiger charge is -2.30. The summed E-state index contributed by atoms with van der Waals surface area (Å²) in [6, 6.07) is 60.1. The fourth-order valence-electron chi connectivity index (χ4n) is 7.69. The van der Waals surface area contributed by atoms with Gasteiger partial charge in [0, 0.05) is 42.5 Å². The Hall–Kier alpha value is -5.44. The largest absolute Gasteiger partial charge is 0.310 e. The molecule has 9 rings (SSSR count). The molecule has 7 aromatic carbocycles. The number of hydrogen-bond acceptors (Lipinski definition) is 2. The van der Waals surface area contributed by atoms with Gasteiger partial charge in [0.15, 0.2) is 0 Å². The maximum Gasteiger partial charge on any atom is 0.0546 e. The molecule has 0 amide bonds. The van der Waals surface area contributed by atoms with E-state index in [-0.39, 0.29) is 5.41 Å². The van der Waals surface area contributed by atoms with Crippen LogP contribution in [-0.4, -0.2) is 0 Å². The van der Waals surface area contributed by atoms with Gasteiger partial charge in [-0.2, -0.15) is 0 Å². The summed E-state index contributed by atoms with van der Waals surface area (Å²) in [5.41, 5.74) is 13.7. The van der Waals surface area contributed by atoms with Gasteiger partial charge in [0.1, 0.15) is 0 Å². The van der Waals surface area contributed by atoms with Gasteiger partial charge in [0.25, 0.3) is 0 Å². The fourth-order valence-corrected chi connectivity index (χ4v) is 8.83. The molecular weight excluding hydrogens is 587 g/mol. The number of benzene rings is 7. The molecule has 0 fully saturated rings. The predicted molar refractivity (Wildman–Crippen MR) is 202 cm³/mol. The van der Waals surface area contributed by atoms with Crippen LogP contribution in [0.25, 0.3) is 53.6 Å². The zero-order valence-electron chi connectivity index (χ0n) is 26.4. The highest BCUT2D eigenvalue weighted by Crippen LogP contribution is 2.55. The van der Waals surface area contributed by atoms with Gasteiger partial charge in [-0.05, 0) is 75.3 Å². The van der Waals surface area contributed by atoms with Gasteiger partial charge in [0.2, 0.25) is 0 Å². The first kappa shape index (κ1) is 27.8. The van der Waals surface area contributed by atoms with E-state index in [0.29, 0.717) is 0 Å². The Kier molecular flexibility index (Phi) is 6.41. The smallest absolute Gasteiger partial charge is 0.0546 e. The van der Waals surface area contributed by atoms with E-state index in [0.717, 1.165) is 17.1 Å². The lowest BCUT2D eigenvalue weighted by Crippen LogP contribution is -2.15. The number of rotatable bonds is 5. The van der Waals surface area contributed by atoms with Crippen molar-refractivity contribution in [2.75, 3.05) is 4.90 Å². The van der Waals surface area contributed by atoms with Gasteiger partial charge in [-0.3, -0.25) is 0 Å². The first-order valence-electron chi connectivity index (χ1n) is 16.3. The molecule has 0 unspecified atom stereocenters. The molecule has 0 saturated carbocycles. The van der Waals surface area contributed by atoms with Gasteiger partial charge in [-0.15, -0.1) is 11.3 Å². The highest BCUT2D eigenvalue weighted by molar-refractivity contribution is 7.25. The van der Waals surface area contributed by atoms with Gasteiger partial charge in [-0.1, -0.05) is 141 Å². The van der Waals surface area contributed by atoms with Crippen LogP contribution in [0.1, 0.15) is 25.0 Å². The van der Waals surface area contributed by atoms with Crippen molar-refractivity contribution in [2.24, 2.45) is 0 Å². The van der Waals surface area contributed by atoms with Crippen molar-refractivity contribution in [3.8, 4) is 33.4 Å². The summed E-state index contributed by atoms with van der Waals surface area (Å²) in [6.07, 6.45) is 0. The molecule has 8 aromatic rings. The Morgan fingerprint density at radius 2 is 1.09 bits per heavy atom. The first-order valence-corrected chi connectivity index (χ1v) is 17.1.